The van der Waals surface area contributed by atoms with Gasteiger partial charge >= 0.3 is 6.18 Å². The van der Waals surface area contributed by atoms with Gasteiger partial charge in [-0.2, -0.15) is 26.3 Å². The summed E-state index contributed by atoms with van der Waals surface area (Å²) < 4.78 is 61.9. The summed E-state index contributed by atoms with van der Waals surface area (Å²) in [7, 11) is -4.36. The number of nitrogens with one attached hydrogen (secondary N) is 2. The lowest BCUT2D eigenvalue weighted by Crippen LogP contribution is -2.37. The van der Waals surface area contributed by atoms with E-state index in [2.05, 4.69) is 0 Å². The normalized spacial score (nSPS) is 12.2. The van der Waals surface area contributed by atoms with Gasteiger partial charge in [0.05, 0.1) is 5.69 Å². The Bertz CT molecular complexity index is 572. The number of halogens is 3. The van der Waals surface area contributed by atoms with Gasteiger partial charge in [0.25, 0.3) is 10.2 Å². The maximum atomic E-state index is 11.9. The second-order valence-corrected chi connectivity index (χ2v) is 5.39. The zero-order chi connectivity index (χ0) is 14.7. The molecule has 0 heterocycles. The first-order chi connectivity index (χ1) is 8.61. The second-order valence-electron chi connectivity index (χ2n) is 3.45. The van der Waals surface area contributed by atoms with E-state index in [4.69, 9.17) is 18.0 Å². The van der Waals surface area contributed by atoms with E-state index >= 15 is 0 Å². The lowest BCUT2D eigenvalue weighted by atomic mass is 10.2. The van der Waals surface area contributed by atoms with Crippen molar-refractivity contribution >= 4 is 33.1 Å². The highest BCUT2D eigenvalue weighted by molar-refractivity contribution is 7.90. The molecular formula is C9H10F3N3O2S2. The van der Waals surface area contributed by atoms with Crippen molar-refractivity contribution in [3.63, 3.8) is 0 Å². The SMILES string of the molecule is NC(=S)c1ccccc1NS(=O)(=O)NCC(F)(F)F. The number of alkyl halides is 3. The number of rotatable bonds is 5. The van der Waals surface area contributed by atoms with Crippen LogP contribution in [0.15, 0.2) is 24.3 Å². The molecule has 0 atom stereocenters. The zero-order valence-corrected chi connectivity index (χ0v) is 11.0. The highest BCUT2D eigenvalue weighted by Gasteiger charge is 2.29. The fourth-order valence-electron chi connectivity index (χ4n) is 1.14. The van der Waals surface area contributed by atoms with Crippen LogP contribution in [0.4, 0.5) is 18.9 Å². The number of benzene rings is 1. The number of thiocarbonyl (C=S) groups is 1. The summed E-state index contributed by atoms with van der Waals surface area (Å²) in [4.78, 5) is -0.0749. The van der Waals surface area contributed by atoms with E-state index < -0.39 is 22.9 Å². The molecule has 1 rings (SSSR count). The lowest BCUT2D eigenvalue weighted by Gasteiger charge is -2.13. The average molecular weight is 313 g/mol. The molecule has 0 aliphatic carbocycles. The predicted octanol–water partition coefficient (Wildman–Crippen LogP) is 1.13. The number of para-hydroxylation sites is 1. The van der Waals surface area contributed by atoms with Crippen LogP contribution in [0.2, 0.25) is 0 Å². The molecule has 0 unspecified atom stereocenters. The highest BCUT2D eigenvalue weighted by atomic mass is 32.2. The molecular weight excluding hydrogens is 303 g/mol. The van der Waals surface area contributed by atoms with Gasteiger partial charge in [0.2, 0.25) is 0 Å². The monoisotopic (exact) mass is 313 g/mol. The Balaban J connectivity index is 2.87. The third-order valence-corrected chi connectivity index (χ3v) is 3.13. The fourth-order valence-corrected chi connectivity index (χ4v) is 2.22. The molecule has 0 aromatic heterocycles. The van der Waals surface area contributed by atoms with Gasteiger partial charge in [-0.05, 0) is 12.1 Å². The largest absolute Gasteiger partial charge is 0.402 e. The minimum absolute atomic E-state index is 0.00433. The highest BCUT2D eigenvalue weighted by Crippen LogP contribution is 2.17. The maximum Gasteiger partial charge on any atom is 0.402 e. The van der Waals surface area contributed by atoms with Gasteiger partial charge in [-0.15, -0.1) is 0 Å². The van der Waals surface area contributed by atoms with Crippen LogP contribution in [0.5, 0.6) is 0 Å². The third-order valence-electron chi connectivity index (χ3n) is 1.90. The molecule has 1 aromatic rings. The fraction of sp³-hybridized carbons (Fsp3) is 0.222. The van der Waals surface area contributed by atoms with Crippen molar-refractivity contribution in [1.82, 2.24) is 4.72 Å². The first-order valence-corrected chi connectivity index (χ1v) is 6.73. The summed E-state index contributed by atoms with van der Waals surface area (Å²) in [6.45, 7) is -1.67. The van der Waals surface area contributed by atoms with Gasteiger partial charge < -0.3 is 5.73 Å². The van der Waals surface area contributed by atoms with Crippen molar-refractivity contribution in [3.05, 3.63) is 29.8 Å². The van der Waals surface area contributed by atoms with Crippen LogP contribution in [0.25, 0.3) is 0 Å². The van der Waals surface area contributed by atoms with E-state index in [1.165, 1.54) is 22.9 Å². The Morgan fingerprint density at radius 2 is 1.89 bits per heavy atom. The minimum atomic E-state index is -4.64. The van der Waals surface area contributed by atoms with Crippen molar-refractivity contribution in [3.8, 4) is 0 Å². The molecule has 0 spiro atoms. The average Bonchev–Trinajstić information content (AvgIpc) is 2.26. The molecule has 4 N–H and O–H groups in total. The number of nitrogens with two attached hydrogens (primary N) is 1. The lowest BCUT2D eigenvalue weighted by molar-refractivity contribution is -0.121. The van der Waals surface area contributed by atoms with Crippen LogP contribution < -0.4 is 15.2 Å². The minimum Gasteiger partial charge on any atom is -0.389 e. The summed E-state index contributed by atoms with van der Waals surface area (Å²) in [5.74, 6) is 0. The summed E-state index contributed by atoms with van der Waals surface area (Å²) >= 11 is 4.71. The van der Waals surface area contributed by atoms with E-state index in [0.717, 1.165) is 0 Å². The number of anilines is 1. The van der Waals surface area contributed by atoms with E-state index in [1.54, 1.807) is 6.07 Å². The number of hydrogen-bond donors (Lipinski definition) is 3. The standard InChI is InChI=1S/C9H10F3N3O2S2/c10-9(11,12)5-14-19(16,17)15-7-4-2-1-3-6(7)8(13)18/h1-4,14-15H,5H2,(H2,13,18). The second kappa shape index (κ2) is 5.72. The predicted molar refractivity (Wildman–Crippen MR) is 68.9 cm³/mol. The Hall–Kier alpha value is -1.39. The first-order valence-electron chi connectivity index (χ1n) is 4.84. The van der Waals surface area contributed by atoms with E-state index in [9.17, 15) is 21.6 Å². The molecule has 0 saturated carbocycles. The molecule has 0 bridgehead atoms. The van der Waals surface area contributed by atoms with Crippen LogP contribution in [0.3, 0.4) is 0 Å². The Kier molecular flexibility index (Phi) is 4.71. The van der Waals surface area contributed by atoms with Gasteiger partial charge in [0, 0.05) is 5.56 Å². The van der Waals surface area contributed by atoms with Gasteiger partial charge in [-0.3, -0.25) is 4.72 Å². The topological polar surface area (TPSA) is 84.2 Å². The molecule has 19 heavy (non-hydrogen) atoms. The summed E-state index contributed by atoms with van der Waals surface area (Å²) in [6, 6.07) is 5.84. The Labute approximate surface area is 113 Å². The molecule has 0 saturated heterocycles. The van der Waals surface area contributed by atoms with Crippen molar-refractivity contribution < 1.29 is 21.6 Å². The molecule has 0 radical (unpaired) electrons. The summed E-state index contributed by atoms with van der Waals surface area (Å²) in [6.07, 6.45) is -4.64. The van der Waals surface area contributed by atoms with Crippen LogP contribution in [-0.4, -0.2) is 26.1 Å². The molecule has 0 fully saturated rings. The third kappa shape index (κ3) is 5.41. The molecule has 0 aliphatic rings. The molecule has 106 valence electrons. The van der Waals surface area contributed by atoms with Crippen molar-refractivity contribution in [1.29, 1.82) is 0 Å². The summed E-state index contributed by atoms with van der Waals surface area (Å²) in [5, 5.41) is 0. The van der Waals surface area contributed by atoms with Crippen molar-refractivity contribution in [2.45, 2.75) is 6.18 Å². The van der Waals surface area contributed by atoms with E-state index in [0.29, 0.717) is 0 Å². The smallest absolute Gasteiger partial charge is 0.389 e. The van der Waals surface area contributed by atoms with Crippen molar-refractivity contribution in [2.75, 3.05) is 11.3 Å². The van der Waals surface area contributed by atoms with E-state index in [1.807, 2.05) is 4.72 Å². The quantitative estimate of drug-likeness (QED) is 0.712. The van der Waals surface area contributed by atoms with Gasteiger partial charge in [-0.25, -0.2) is 0 Å². The van der Waals surface area contributed by atoms with Crippen LogP contribution in [0.1, 0.15) is 5.56 Å². The van der Waals surface area contributed by atoms with Crippen LogP contribution >= 0.6 is 12.2 Å². The number of hydrogen-bond acceptors (Lipinski definition) is 3. The molecule has 0 amide bonds. The van der Waals surface area contributed by atoms with Crippen LogP contribution in [-0.2, 0) is 10.2 Å². The summed E-state index contributed by atoms with van der Waals surface area (Å²) in [5.41, 5.74) is 5.59. The maximum absolute atomic E-state index is 11.9. The zero-order valence-electron chi connectivity index (χ0n) is 9.36. The Morgan fingerprint density at radius 3 is 2.42 bits per heavy atom. The van der Waals surface area contributed by atoms with Crippen molar-refractivity contribution in [2.24, 2.45) is 5.73 Å². The van der Waals surface area contributed by atoms with Gasteiger partial charge in [0.15, 0.2) is 0 Å². The molecule has 5 nitrogen and oxygen atoms in total. The first kappa shape index (κ1) is 15.7. The van der Waals surface area contributed by atoms with Gasteiger partial charge in [-0.1, -0.05) is 24.4 Å². The van der Waals surface area contributed by atoms with E-state index in [-0.39, 0.29) is 16.2 Å². The molecule has 1 aromatic carbocycles. The molecule has 0 aliphatic heterocycles. The molecule has 10 heteroatoms. The Morgan fingerprint density at radius 1 is 1.32 bits per heavy atom. The van der Waals surface area contributed by atoms with Gasteiger partial charge in [0.1, 0.15) is 11.5 Å². The van der Waals surface area contributed by atoms with Crippen LogP contribution in [0, 0.1) is 0 Å².